The summed E-state index contributed by atoms with van der Waals surface area (Å²) in [6, 6.07) is 22.7. The van der Waals surface area contributed by atoms with Crippen LogP contribution in [0.2, 0.25) is 0 Å². The Morgan fingerprint density at radius 2 is 1.34 bits per heavy atom. The van der Waals surface area contributed by atoms with E-state index < -0.39 is 36.2 Å². The number of esters is 2. The van der Waals surface area contributed by atoms with Gasteiger partial charge in [-0.2, -0.15) is 0 Å². The lowest BCUT2D eigenvalue weighted by molar-refractivity contribution is -0.168. The van der Waals surface area contributed by atoms with E-state index in [1.54, 1.807) is 86.6 Å². The predicted octanol–water partition coefficient (Wildman–Crippen LogP) is 4.72. The quantitative estimate of drug-likeness (QED) is 0.279. The van der Waals surface area contributed by atoms with E-state index in [0.29, 0.717) is 5.56 Å². The van der Waals surface area contributed by atoms with Crippen LogP contribution >= 0.6 is 7.37 Å². The first-order chi connectivity index (χ1) is 16.9. The van der Waals surface area contributed by atoms with Crippen LogP contribution in [0.3, 0.4) is 0 Å². The average molecular weight is 492 g/mol. The highest BCUT2D eigenvalue weighted by Crippen LogP contribution is 2.68. The summed E-state index contributed by atoms with van der Waals surface area (Å²) in [5, 5.41) is 0.247. The van der Waals surface area contributed by atoms with Gasteiger partial charge in [0.1, 0.15) is 11.4 Å². The monoisotopic (exact) mass is 492 g/mol. The first-order valence-electron chi connectivity index (χ1n) is 11.3. The molecule has 0 amide bonds. The van der Waals surface area contributed by atoms with Gasteiger partial charge in [-0.15, -0.1) is 0 Å². The van der Waals surface area contributed by atoms with Gasteiger partial charge in [0.25, 0.3) is 7.37 Å². The molecule has 1 aliphatic rings. The van der Waals surface area contributed by atoms with Crippen molar-refractivity contribution in [3.63, 3.8) is 0 Å². The fourth-order valence-corrected chi connectivity index (χ4v) is 7.38. The smallest absolute Gasteiger partial charge is 0.332 e. The van der Waals surface area contributed by atoms with Crippen LogP contribution in [0.25, 0.3) is 0 Å². The number of ether oxygens (including phenoxy) is 2. The highest BCUT2D eigenvalue weighted by atomic mass is 31.2. The molecule has 0 aromatic heterocycles. The van der Waals surface area contributed by atoms with Gasteiger partial charge in [-0.25, -0.2) is 0 Å². The lowest BCUT2D eigenvalue weighted by atomic mass is 9.74. The molecule has 1 aliphatic heterocycles. The fraction of sp³-hybridized carbons (Fsp3) is 0.222. The van der Waals surface area contributed by atoms with Crippen LogP contribution in [0.5, 0.6) is 5.75 Å². The number of benzene rings is 3. The van der Waals surface area contributed by atoms with E-state index in [1.165, 1.54) is 12.1 Å². The minimum Gasteiger partial charge on any atom is -0.465 e. The van der Waals surface area contributed by atoms with Crippen LogP contribution in [0, 0.1) is 5.41 Å². The van der Waals surface area contributed by atoms with Gasteiger partial charge < -0.3 is 14.0 Å². The Labute approximate surface area is 203 Å². The summed E-state index contributed by atoms with van der Waals surface area (Å²) in [5.74, 6) is -3.13. The second-order valence-corrected chi connectivity index (χ2v) is 10.3. The summed E-state index contributed by atoms with van der Waals surface area (Å²) in [5.41, 5.74) is -3.90. The van der Waals surface area contributed by atoms with Crippen LogP contribution in [0.4, 0.5) is 0 Å². The van der Waals surface area contributed by atoms with E-state index in [4.69, 9.17) is 14.0 Å². The Bertz CT molecular complexity index is 1270. The van der Waals surface area contributed by atoms with Crippen molar-refractivity contribution >= 4 is 30.4 Å². The molecule has 35 heavy (non-hydrogen) atoms. The Morgan fingerprint density at radius 3 is 1.91 bits per heavy atom. The van der Waals surface area contributed by atoms with Gasteiger partial charge in [-0.05, 0) is 43.7 Å². The number of Topliss-reactive ketones (excluding diaryl/α,β-unsaturated/α-hetero) is 1. The number of carbonyl (C=O) groups excluding carboxylic acids is 3. The summed E-state index contributed by atoms with van der Waals surface area (Å²) in [7, 11) is -4.21. The summed E-state index contributed by atoms with van der Waals surface area (Å²) in [4.78, 5) is 41.9. The molecule has 3 aromatic carbocycles. The van der Waals surface area contributed by atoms with Crippen molar-refractivity contribution < 1.29 is 32.9 Å². The number of ketones is 1. The third-order valence-corrected chi connectivity index (χ3v) is 8.75. The number of hydrogen-bond acceptors (Lipinski definition) is 7. The highest BCUT2D eigenvalue weighted by molar-refractivity contribution is 7.68. The van der Waals surface area contributed by atoms with Crippen LogP contribution in [0.15, 0.2) is 84.9 Å². The minimum absolute atomic E-state index is 0.0149. The van der Waals surface area contributed by atoms with Crippen molar-refractivity contribution in [2.45, 2.75) is 19.5 Å². The molecular formula is C27H25O7P. The summed E-state index contributed by atoms with van der Waals surface area (Å²) < 4.78 is 32.0. The lowest BCUT2D eigenvalue weighted by Crippen LogP contribution is -2.52. The van der Waals surface area contributed by atoms with Gasteiger partial charge >= 0.3 is 11.9 Å². The third-order valence-electron chi connectivity index (χ3n) is 5.90. The Hall–Kier alpha value is -3.70. The first-order valence-corrected chi connectivity index (χ1v) is 13.0. The van der Waals surface area contributed by atoms with Crippen molar-refractivity contribution in [3.8, 4) is 5.75 Å². The number of fused-ring (bicyclic) bond motifs is 1. The largest absolute Gasteiger partial charge is 0.465 e. The zero-order chi connectivity index (χ0) is 25.1. The summed E-state index contributed by atoms with van der Waals surface area (Å²) >= 11 is 0. The second kappa shape index (κ2) is 9.88. The Kier molecular flexibility index (Phi) is 6.90. The average Bonchev–Trinajstić information content (AvgIpc) is 2.97. The molecule has 0 saturated heterocycles. The minimum atomic E-state index is -4.21. The maximum atomic E-state index is 15.1. The number of hydrogen-bond donors (Lipinski definition) is 0. The molecule has 8 heteroatoms. The van der Waals surface area contributed by atoms with Gasteiger partial charge in [0, 0.05) is 5.30 Å². The molecule has 0 bridgehead atoms. The molecule has 4 rings (SSSR count). The number of rotatable bonds is 6. The fourth-order valence-electron chi connectivity index (χ4n) is 4.43. The second-order valence-electron chi connectivity index (χ2n) is 7.91. The number of carbonyl (C=O) groups is 3. The molecule has 0 fully saturated rings. The first kappa shape index (κ1) is 24.4. The molecule has 180 valence electrons. The van der Waals surface area contributed by atoms with Gasteiger partial charge in [0.2, 0.25) is 5.41 Å². The van der Waals surface area contributed by atoms with Crippen LogP contribution in [-0.2, 0) is 23.6 Å². The van der Waals surface area contributed by atoms with E-state index in [-0.39, 0.29) is 29.8 Å². The molecule has 2 atom stereocenters. The maximum absolute atomic E-state index is 15.1. The van der Waals surface area contributed by atoms with Crippen molar-refractivity contribution in [2.24, 2.45) is 5.41 Å². The predicted molar refractivity (Wildman–Crippen MR) is 130 cm³/mol. The third kappa shape index (κ3) is 3.96. The molecule has 0 aliphatic carbocycles. The molecule has 7 nitrogen and oxygen atoms in total. The standard InChI is InChI=1S/C27H25O7P/c1-3-32-25(29)27(26(30)33-4-2)23(28)21-17-11-12-18-22(21)34-35(31,20-15-9-6-10-16-20)24(27)19-13-7-5-8-14-19/h5-18,24H,3-4H2,1-2H3. The van der Waals surface area contributed by atoms with Gasteiger partial charge in [0.05, 0.1) is 18.8 Å². The Balaban J connectivity index is 2.19. The zero-order valence-electron chi connectivity index (χ0n) is 19.4. The molecular weight excluding hydrogens is 467 g/mol. The summed E-state index contributed by atoms with van der Waals surface area (Å²) in [6.07, 6.45) is 0. The molecule has 1 heterocycles. The normalized spacial score (nSPS) is 20.6. The van der Waals surface area contributed by atoms with Crippen LogP contribution in [-0.4, -0.2) is 30.9 Å². The lowest BCUT2D eigenvalue weighted by Gasteiger charge is -2.36. The highest BCUT2D eigenvalue weighted by Gasteiger charge is 2.69. The van der Waals surface area contributed by atoms with E-state index in [1.807, 2.05) is 0 Å². The molecule has 0 N–H and O–H groups in total. The van der Waals surface area contributed by atoms with E-state index >= 15 is 4.57 Å². The van der Waals surface area contributed by atoms with Crippen LogP contribution in [0.1, 0.15) is 35.4 Å². The van der Waals surface area contributed by atoms with Crippen molar-refractivity contribution in [1.29, 1.82) is 0 Å². The SMILES string of the molecule is CCOC(=O)C1(C(=O)OCC)C(=O)c2ccccc2OP(=O)(c2ccccc2)C1c1ccccc1. The molecule has 3 aromatic rings. The van der Waals surface area contributed by atoms with Gasteiger partial charge in [-0.1, -0.05) is 60.7 Å². The van der Waals surface area contributed by atoms with Crippen molar-refractivity contribution in [2.75, 3.05) is 13.2 Å². The van der Waals surface area contributed by atoms with Crippen molar-refractivity contribution in [1.82, 2.24) is 0 Å². The van der Waals surface area contributed by atoms with E-state index in [0.717, 1.165) is 0 Å². The zero-order valence-corrected chi connectivity index (χ0v) is 20.3. The topological polar surface area (TPSA) is 96.0 Å². The molecule has 2 unspecified atom stereocenters. The maximum Gasteiger partial charge on any atom is 0.332 e. The van der Waals surface area contributed by atoms with Crippen LogP contribution < -0.4 is 9.83 Å². The van der Waals surface area contributed by atoms with Gasteiger partial charge in [0.15, 0.2) is 5.78 Å². The van der Waals surface area contributed by atoms with Crippen molar-refractivity contribution in [3.05, 3.63) is 96.1 Å². The molecule has 0 saturated carbocycles. The number of para-hydroxylation sites is 1. The molecule has 0 radical (unpaired) electrons. The summed E-state index contributed by atoms with van der Waals surface area (Å²) in [6.45, 7) is 2.92. The molecule has 0 spiro atoms. The Morgan fingerprint density at radius 1 is 0.829 bits per heavy atom. The van der Waals surface area contributed by atoms with Gasteiger partial charge in [-0.3, -0.25) is 18.9 Å². The van der Waals surface area contributed by atoms with E-state index in [2.05, 4.69) is 0 Å². The van der Waals surface area contributed by atoms with E-state index in [9.17, 15) is 14.4 Å².